The average molecular weight is 406 g/mol. The number of nitrogens with one attached hydrogen (secondary N) is 1. The third kappa shape index (κ3) is 3.95. The van der Waals surface area contributed by atoms with E-state index < -0.39 is 11.9 Å². The summed E-state index contributed by atoms with van der Waals surface area (Å²) in [5.41, 5.74) is 1.26. The number of carbonyl (C=O) groups excluding carboxylic acids is 1. The van der Waals surface area contributed by atoms with Crippen molar-refractivity contribution in [1.29, 1.82) is 0 Å². The van der Waals surface area contributed by atoms with Gasteiger partial charge in [0.2, 0.25) is 11.7 Å². The maximum Gasteiger partial charge on any atom is 0.255 e. The van der Waals surface area contributed by atoms with Crippen LogP contribution < -0.4 is 5.32 Å². The van der Waals surface area contributed by atoms with Crippen molar-refractivity contribution in [1.82, 2.24) is 30.2 Å². The zero-order valence-electron chi connectivity index (χ0n) is 16.4. The maximum absolute atomic E-state index is 14.0. The molecule has 9 heteroatoms. The number of nitrogens with zero attached hydrogens (tertiary/aromatic N) is 5. The van der Waals surface area contributed by atoms with Gasteiger partial charge in [0.05, 0.1) is 11.8 Å². The first-order chi connectivity index (χ1) is 14.5. The van der Waals surface area contributed by atoms with Crippen LogP contribution in [0.5, 0.6) is 0 Å². The zero-order chi connectivity index (χ0) is 21.1. The second kappa shape index (κ2) is 8.24. The highest BCUT2D eigenvalue weighted by Gasteiger charge is 2.26. The number of carbonyl (C=O) groups is 1. The third-order valence-corrected chi connectivity index (χ3v) is 4.52. The molecule has 4 aromatic rings. The van der Waals surface area contributed by atoms with E-state index in [1.165, 1.54) is 23.1 Å². The largest absolute Gasteiger partial charge is 0.340 e. The zero-order valence-corrected chi connectivity index (χ0v) is 16.4. The summed E-state index contributed by atoms with van der Waals surface area (Å²) in [6.07, 6.45) is 6.14. The summed E-state index contributed by atoms with van der Waals surface area (Å²) in [7, 11) is 0. The number of hydrogen-bond acceptors (Lipinski definition) is 6. The van der Waals surface area contributed by atoms with Gasteiger partial charge in [0.25, 0.3) is 5.91 Å². The SMILES string of the molecule is CC(C)C(NC(=O)c1cnn(-c2ccccc2F)c1)c1nc(-c2cccnc2)no1. The number of para-hydroxylation sites is 1. The molecule has 0 aliphatic carbocycles. The van der Waals surface area contributed by atoms with E-state index in [-0.39, 0.29) is 23.1 Å². The van der Waals surface area contributed by atoms with Gasteiger partial charge in [-0.05, 0) is 30.2 Å². The topological polar surface area (TPSA) is 98.7 Å². The van der Waals surface area contributed by atoms with Crippen molar-refractivity contribution in [2.24, 2.45) is 5.92 Å². The van der Waals surface area contributed by atoms with Crippen LogP contribution >= 0.6 is 0 Å². The van der Waals surface area contributed by atoms with Crippen LogP contribution in [0.25, 0.3) is 17.1 Å². The van der Waals surface area contributed by atoms with E-state index in [9.17, 15) is 9.18 Å². The highest BCUT2D eigenvalue weighted by molar-refractivity contribution is 5.94. The molecule has 30 heavy (non-hydrogen) atoms. The normalized spacial score (nSPS) is 12.1. The highest BCUT2D eigenvalue weighted by Crippen LogP contribution is 2.24. The summed E-state index contributed by atoms with van der Waals surface area (Å²) in [6.45, 7) is 3.86. The van der Waals surface area contributed by atoms with Gasteiger partial charge in [0.1, 0.15) is 17.5 Å². The average Bonchev–Trinajstić information content (AvgIpc) is 3.43. The molecule has 0 spiro atoms. The van der Waals surface area contributed by atoms with Crippen LogP contribution in [-0.2, 0) is 0 Å². The van der Waals surface area contributed by atoms with Gasteiger partial charge in [0, 0.05) is 24.2 Å². The summed E-state index contributed by atoms with van der Waals surface area (Å²) in [6, 6.07) is 9.30. The lowest BCUT2D eigenvalue weighted by Gasteiger charge is -2.17. The van der Waals surface area contributed by atoms with E-state index in [0.29, 0.717) is 17.3 Å². The Kier molecular flexibility index (Phi) is 5.34. The molecule has 1 amide bonds. The standard InChI is InChI=1S/C21H19FN6O2/c1-13(2)18(21-26-19(27-30-21)14-6-5-9-23-10-14)25-20(29)15-11-24-28(12-15)17-8-4-3-7-16(17)22/h3-13,18H,1-2H3,(H,25,29). The first-order valence-electron chi connectivity index (χ1n) is 9.37. The molecule has 3 heterocycles. The molecule has 1 aromatic carbocycles. The molecule has 0 saturated heterocycles. The Bertz CT molecular complexity index is 1160. The van der Waals surface area contributed by atoms with Crippen LogP contribution in [-0.4, -0.2) is 30.8 Å². The third-order valence-electron chi connectivity index (χ3n) is 4.52. The molecule has 1 atom stereocenters. The van der Waals surface area contributed by atoms with Gasteiger partial charge in [-0.2, -0.15) is 10.1 Å². The van der Waals surface area contributed by atoms with Crippen LogP contribution in [0.15, 0.2) is 65.7 Å². The Morgan fingerprint density at radius 2 is 2.00 bits per heavy atom. The van der Waals surface area contributed by atoms with E-state index in [2.05, 4.69) is 25.5 Å². The molecule has 0 fully saturated rings. The molecule has 0 bridgehead atoms. The van der Waals surface area contributed by atoms with Gasteiger partial charge in [0.15, 0.2) is 0 Å². The molecule has 152 valence electrons. The quantitative estimate of drug-likeness (QED) is 0.525. The van der Waals surface area contributed by atoms with Crippen molar-refractivity contribution in [3.8, 4) is 17.1 Å². The van der Waals surface area contributed by atoms with Crippen LogP contribution in [0.3, 0.4) is 0 Å². The first-order valence-corrected chi connectivity index (χ1v) is 9.37. The van der Waals surface area contributed by atoms with Crippen LogP contribution in [0.4, 0.5) is 4.39 Å². The van der Waals surface area contributed by atoms with E-state index in [1.54, 1.807) is 36.7 Å². The fourth-order valence-corrected chi connectivity index (χ4v) is 2.92. The minimum Gasteiger partial charge on any atom is -0.340 e. The van der Waals surface area contributed by atoms with E-state index in [0.717, 1.165) is 0 Å². The lowest BCUT2D eigenvalue weighted by Crippen LogP contribution is -2.31. The van der Waals surface area contributed by atoms with Gasteiger partial charge in [-0.1, -0.05) is 31.1 Å². The van der Waals surface area contributed by atoms with Crippen molar-refractivity contribution in [2.45, 2.75) is 19.9 Å². The van der Waals surface area contributed by atoms with Gasteiger partial charge >= 0.3 is 0 Å². The number of hydrogen-bond donors (Lipinski definition) is 1. The monoisotopic (exact) mass is 406 g/mol. The Morgan fingerprint density at radius 1 is 1.17 bits per heavy atom. The van der Waals surface area contributed by atoms with E-state index >= 15 is 0 Å². The Balaban J connectivity index is 1.54. The van der Waals surface area contributed by atoms with Crippen molar-refractivity contribution in [3.05, 3.63) is 78.5 Å². The fourth-order valence-electron chi connectivity index (χ4n) is 2.92. The number of benzene rings is 1. The number of amides is 1. The highest BCUT2D eigenvalue weighted by atomic mass is 19.1. The minimum atomic E-state index is -0.507. The van der Waals surface area contributed by atoms with Gasteiger partial charge in [-0.25, -0.2) is 9.07 Å². The predicted molar refractivity (Wildman–Crippen MR) is 106 cm³/mol. The Labute approximate surface area is 171 Å². The molecular weight excluding hydrogens is 387 g/mol. The lowest BCUT2D eigenvalue weighted by molar-refractivity contribution is 0.0914. The molecule has 4 rings (SSSR count). The van der Waals surface area contributed by atoms with Crippen LogP contribution in [0, 0.1) is 11.7 Å². The summed E-state index contributed by atoms with van der Waals surface area (Å²) in [5, 5.41) is 11.0. The molecule has 0 radical (unpaired) electrons. The lowest BCUT2D eigenvalue weighted by atomic mass is 10.0. The first kappa shape index (κ1) is 19.4. The van der Waals surface area contributed by atoms with Gasteiger partial charge in [-0.15, -0.1) is 0 Å². The van der Waals surface area contributed by atoms with E-state index in [4.69, 9.17) is 4.52 Å². The molecule has 8 nitrogen and oxygen atoms in total. The second-order valence-electron chi connectivity index (χ2n) is 7.02. The summed E-state index contributed by atoms with van der Waals surface area (Å²) in [4.78, 5) is 21.2. The summed E-state index contributed by atoms with van der Waals surface area (Å²) in [5.74, 6) is -0.138. The molecule has 3 aromatic heterocycles. The molecule has 1 N–H and O–H groups in total. The number of halogens is 1. The van der Waals surface area contributed by atoms with Crippen molar-refractivity contribution in [3.63, 3.8) is 0 Å². The van der Waals surface area contributed by atoms with Crippen LogP contribution in [0.1, 0.15) is 36.1 Å². The number of aromatic nitrogens is 5. The molecular formula is C21H19FN6O2. The molecule has 0 saturated carbocycles. The maximum atomic E-state index is 14.0. The second-order valence-corrected chi connectivity index (χ2v) is 7.02. The number of rotatable bonds is 6. The van der Waals surface area contributed by atoms with Crippen molar-refractivity contribution < 1.29 is 13.7 Å². The van der Waals surface area contributed by atoms with Crippen LogP contribution in [0.2, 0.25) is 0 Å². The van der Waals surface area contributed by atoms with Crippen molar-refractivity contribution in [2.75, 3.05) is 0 Å². The van der Waals surface area contributed by atoms with Crippen molar-refractivity contribution >= 4 is 5.91 Å². The molecule has 1 unspecified atom stereocenters. The molecule has 0 aliphatic heterocycles. The smallest absolute Gasteiger partial charge is 0.255 e. The summed E-state index contributed by atoms with van der Waals surface area (Å²) >= 11 is 0. The van der Waals surface area contributed by atoms with Gasteiger partial charge < -0.3 is 9.84 Å². The fraction of sp³-hybridized carbons (Fsp3) is 0.190. The number of pyridine rings is 1. The molecule has 0 aliphatic rings. The minimum absolute atomic E-state index is 0.0160. The van der Waals surface area contributed by atoms with E-state index in [1.807, 2.05) is 19.9 Å². The van der Waals surface area contributed by atoms with Gasteiger partial charge in [-0.3, -0.25) is 9.78 Å². The Morgan fingerprint density at radius 3 is 2.73 bits per heavy atom. The summed E-state index contributed by atoms with van der Waals surface area (Å²) < 4.78 is 20.7. The Hall–Kier alpha value is -3.88. The predicted octanol–water partition coefficient (Wildman–Crippen LogP) is 3.58.